The molecular formula is C65H114O6. The maximum absolute atomic E-state index is 12.9. The van der Waals surface area contributed by atoms with Crippen molar-refractivity contribution in [3.8, 4) is 0 Å². The minimum absolute atomic E-state index is 0.100. The highest BCUT2D eigenvalue weighted by atomic mass is 16.6. The lowest BCUT2D eigenvalue weighted by Crippen LogP contribution is -2.30. The molecule has 0 rings (SSSR count). The van der Waals surface area contributed by atoms with Gasteiger partial charge in [0.05, 0.1) is 0 Å². The van der Waals surface area contributed by atoms with E-state index in [1.54, 1.807) is 0 Å². The van der Waals surface area contributed by atoms with Crippen molar-refractivity contribution < 1.29 is 28.6 Å². The van der Waals surface area contributed by atoms with E-state index >= 15 is 0 Å². The molecule has 0 N–H and O–H groups in total. The topological polar surface area (TPSA) is 78.9 Å². The summed E-state index contributed by atoms with van der Waals surface area (Å²) >= 11 is 0. The smallest absolute Gasteiger partial charge is 0.306 e. The van der Waals surface area contributed by atoms with Gasteiger partial charge >= 0.3 is 17.9 Å². The predicted octanol–water partition coefficient (Wildman–Crippen LogP) is 20.5. The number of rotatable bonds is 55. The molecule has 0 saturated carbocycles. The van der Waals surface area contributed by atoms with Crippen molar-refractivity contribution in [3.63, 3.8) is 0 Å². The minimum atomic E-state index is -0.804. The van der Waals surface area contributed by atoms with E-state index in [1.165, 1.54) is 173 Å². The molecule has 0 aromatic rings. The zero-order chi connectivity index (χ0) is 51.4. The van der Waals surface area contributed by atoms with Crippen LogP contribution in [0.2, 0.25) is 0 Å². The molecule has 6 nitrogen and oxygen atoms in total. The van der Waals surface area contributed by atoms with Crippen LogP contribution in [0.4, 0.5) is 0 Å². The molecule has 1 atom stereocenters. The summed E-state index contributed by atoms with van der Waals surface area (Å²) in [7, 11) is 0. The molecule has 0 bridgehead atoms. The maximum atomic E-state index is 12.9. The van der Waals surface area contributed by atoms with Gasteiger partial charge in [-0.3, -0.25) is 14.4 Å². The van der Waals surface area contributed by atoms with Crippen LogP contribution in [-0.4, -0.2) is 37.2 Å². The Kier molecular flexibility index (Phi) is 56.8. The number of carbonyl (C=O) groups excluding carboxylic acids is 3. The second kappa shape index (κ2) is 59.4. The Labute approximate surface area is 440 Å². The fourth-order valence-corrected chi connectivity index (χ4v) is 8.58. The largest absolute Gasteiger partial charge is 0.462 e. The Morgan fingerprint density at radius 3 is 0.873 bits per heavy atom. The van der Waals surface area contributed by atoms with Crippen molar-refractivity contribution >= 4 is 17.9 Å². The van der Waals surface area contributed by atoms with Crippen molar-refractivity contribution in [1.29, 1.82) is 0 Å². The Balaban J connectivity index is 4.46. The van der Waals surface area contributed by atoms with E-state index < -0.39 is 6.10 Å². The molecule has 0 radical (unpaired) electrons. The molecule has 71 heavy (non-hydrogen) atoms. The lowest BCUT2D eigenvalue weighted by Gasteiger charge is -2.18. The van der Waals surface area contributed by atoms with Gasteiger partial charge in [-0.25, -0.2) is 0 Å². The lowest BCUT2D eigenvalue weighted by atomic mass is 10.0. The quantitative estimate of drug-likeness (QED) is 0.0261. The summed E-state index contributed by atoms with van der Waals surface area (Å²) in [4.78, 5) is 38.2. The summed E-state index contributed by atoms with van der Waals surface area (Å²) in [5.41, 5.74) is 0. The van der Waals surface area contributed by atoms with Gasteiger partial charge in [0.2, 0.25) is 0 Å². The lowest BCUT2D eigenvalue weighted by molar-refractivity contribution is -0.167. The molecule has 0 aliphatic rings. The summed E-state index contributed by atoms with van der Waals surface area (Å²) in [6.07, 6.45) is 76.2. The third-order valence-electron chi connectivity index (χ3n) is 13.2. The molecule has 0 spiro atoms. The Hall–Kier alpha value is -3.15. The molecule has 0 unspecified atom stereocenters. The first-order chi connectivity index (χ1) is 35.0. The van der Waals surface area contributed by atoms with E-state index in [1.807, 2.05) is 0 Å². The Morgan fingerprint density at radius 2 is 0.521 bits per heavy atom. The summed E-state index contributed by atoms with van der Waals surface area (Å²) in [6, 6.07) is 0. The highest BCUT2D eigenvalue weighted by Crippen LogP contribution is 2.16. The first kappa shape index (κ1) is 67.8. The van der Waals surface area contributed by atoms with Crippen LogP contribution < -0.4 is 0 Å². The van der Waals surface area contributed by atoms with Crippen LogP contribution in [0.15, 0.2) is 72.9 Å². The van der Waals surface area contributed by atoms with Crippen LogP contribution in [0, 0.1) is 0 Å². The summed E-state index contributed by atoms with van der Waals surface area (Å²) < 4.78 is 16.8. The van der Waals surface area contributed by atoms with Crippen molar-refractivity contribution in [1.82, 2.24) is 0 Å². The zero-order valence-electron chi connectivity index (χ0n) is 47.0. The van der Waals surface area contributed by atoms with Gasteiger partial charge in [0.15, 0.2) is 6.10 Å². The highest BCUT2D eigenvalue weighted by Gasteiger charge is 2.19. The van der Waals surface area contributed by atoms with E-state index in [0.29, 0.717) is 19.3 Å². The molecule has 0 fully saturated rings. The van der Waals surface area contributed by atoms with Crippen LogP contribution in [0.25, 0.3) is 0 Å². The summed E-state index contributed by atoms with van der Waals surface area (Å²) in [5, 5.41) is 0. The van der Waals surface area contributed by atoms with Gasteiger partial charge in [-0.1, -0.05) is 267 Å². The Bertz CT molecular complexity index is 1320. The number of allylic oxidation sites excluding steroid dienone is 12. The van der Waals surface area contributed by atoms with Crippen molar-refractivity contribution in [2.75, 3.05) is 13.2 Å². The summed E-state index contributed by atoms with van der Waals surface area (Å²) in [5.74, 6) is -0.961. The molecule has 0 aliphatic carbocycles. The van der Waals surface area contributed by atoms with Crippen LogP contribution in [-0.2, 0) is 28.6 Å². The number of hydrogen-bond donors (Lipinski definition) is 0. The van der Waals surface area contributed by atoms with E-state index in [-0.39, 0.29) is 37.5 Å². The van der Waals surface area contributed by atoms with Gasteiger partial charge in [-0.2, -0.15) is 0 Å². The average Bonchev–Trinajstić information content (AvgIpc) is 3.37. The number of ether oxygens (including phenoxy) is 3. The van der Waals surface area contributed by atoms with Crippen molar-refractivity contribution in [2.24, 2.45) is 0 Å². The van der Waals surface area contributed by atoms with Crippen LogP contribution in [0.3, 0.4) is 0 Å². The standard InChI is InChI=1S/C65H114O6/c1-4-7-10-13-16-19-22-25-28-31-32-35-38-41-44-47-50-53-56-59-65(68)71-62(60-69-63(66)57-54-51-48-45-42-39-36-33-29-26-23-20-17-14-11-8-5-2)61-70-64(67)58-55-52-49-46-43-40-37-34-30-27-24-21-18-15-12-9-6-3/h17,20,26-27,29-30,36-37,39-40,46,49,62H,4-16,18-19,21-25,28,31-35,38,41-45,47-48,50-61H2,1-3H3/b20-17-,29-26-,30-27-,39-36-,40-37-,49-46-/t62-/m1/s1. The number of hydrogen-bond acceptors (Lipinski definition) is 6. The Morgan fingerprint density at radius 1 is 0.282 bits per heavy atom. The molecule has 0 aromatic heterocycles. The van der Waals surface area contributed by atoms with Crippen LogP contribution >= 0.6 is 0 Å². The van der Waals surface area contributed by atoms with E-state index in [9.17, 15) is 14.4 Å². The zero-order valence-corrected chi connectivity index (χ0v) is 47.0. The number of carbonyl (C=O) groups is 3. The second-order valence-electron chi connectivity index (χ2n) is 20.3. The van der Waals surface area contributed by atoms with Gasteiger partial charge < -0.3 is 14.2 Å². The first-order valence-electron chi connectivity index (χ1n) is 30.4. The highest BCUT2D eigenvalue weighted by molar-refractivity contribution is 5.71. The fourth-order valence-electron chi connectivity index (χ4n) is 8.58. The predicted molar refractivity (Wildman–Crippen MR) is 307 cm³/mol. The van der Waals surface area contributed by atoms with E-state index in [0.717, 1.165) is 83.5 Å². The molecule has 410 valence electrons. The van der Waals surface area contributed by atoms with Crippen LogP contribution in [0.5, 0.6) is 0 Å². The molecule has 0 heterocycles. The van der Waals surface area contributed by atoms with Gasteiger partial charge in [0.25, 0.3) is 0 Å². The molecule has 0 aliphatic heterocycles. The average molecular weight is 992 g/mol. The van der Waals surface area contributed by atoms with Crippen molar-refractivity contribution in [3.05, 3.63) is 72.9 Å². The van der Waals surface area contributed by atoms with Gasteiger partial charge in [-0.15, -0.1) is 0 Å². The monoisotopic (exact) mass is 991 g/mol. The van der Waals surface area contributed by atoms with Crippen LogP contribution in [0.1, 0.15) is 303 Å². The number of esters is 3. The number of unbranched alkanes of at least 4 members (excludes halogenated alkanes) is 32. The van der Waals surface area contributed by atoms with E-state index in [4.69, 9.17) is 14.2 Å². The summed E-state index contributed by atoms with van der Waals surface area (Å²) in [6.45, 7) is 6.58. The molecule has 0 aromatic carbocycles. The molecular weight excluding hydrogens is 877 g/mol. The van der Waals surface area contributed by atoms with Gasteiger partial charge in [0, 0.05) is 19.3 Å². The fraction of sp³-hybridized carbons (Fsp3) is 0.769. The third kappa shape index (κ3) is 57.6. The molecule has 0 saturated heterocycles. The second-order valence-corrected chi connectivity index (χ2v) is 20.3. The normalized spacial score (nSPS) is 12.5. The minimum Gasteiger partial charge on any atom is -0.462 e. The molecule has 6 heteroatoms. The maximum Gasteiger partial charge on any atom is 0.306 e. The third-order valence-corrected chi connectivity index (χ3v) is 13.2. The van der Waals surface area contributed by atoms with E-state index in [2.05, 4.69) is 93.7 Å². The SMILES string of the molecule is CCCCC/C=C\C/C=C\C/C=C\CCCCCCC(=O)OC[C@H](COC(=O)CCC/C=C\C/C=C\C/C=C\CCCCCCCC)OC(=O)CCCCCCCCCCCCCCCCCCCCC. The molecule has 0 amide bonds. The van der Waals surface area contributed by atoms with Gasteiger partial charge in [-0.05, 0) is 89.9 Å². The van der Waals surface area contributed by atoms with Crippen molar-refractivity contribution in [2.45, 2.75) is 309 Å². The van der Waals surface area contributed by atoms with Gasteiger partial charge in [0.1, 0.15) is 13.2 Å². The first-order valence-corrected chi connectivity index (χ1v) is 30.4.